The summed E-state index contributed by atoms with van der Waals surface area (Å²) < 4.78 is 16.4. The topological polar surface area (TPSA) is 45.2 Å². The second-order valence-corrected chi connectivity index (χ2v) is 8.12. The van der Waals surface area contributed by atoms with E-state index in [0.717, 1.165) is 48.5 Å². The third-order valence-corrected chi connectivity index (χ3v) is 6.04. The molecule has 1 N–H and O–H groups in total. The number of hydrogen-bond donors (Lipinski definition) is 1. The molecule has 1 aliphatic rings. The number of rotatable bonds is 8. The van der Waals surface area contributed by atoms with Crippen LogP contribution in [0.15, 0.2) is 42.5 Å². The molecule has 1 fully saturated rings. The van der Waals surface area contributed by atoms with Crippen molar-refractivity contribution in [3.63, 3.8) is 0 Å². The van der Waals surface area contributed by atoms with E-state index in [-0.39, 0.29) is 6.61 Å². The molecule has 2 aromatic rings. The summed E-state index contributed by atoms with van der Waals surface area (Å²) in [6.45, 7) is 9.68. The fourth-order valence-electron chi connectivity index (χ4n) is 3.11. The molecule has 2 aromatic carbocycles. The molecule has 0 radical (unpaired) electrons. The average molecular weight is 734 g/mol. The molecule has 1 unspecified atom stereocenters. The van der Waals surface area contributed by atoms with Gasteiger partial charge in [-0.05, 0) is 0 Å². The summed E-state index contributed by atoms with van der Waals surface area (Å²) in [5.74, 6) is 1.60. The van der Waals surface area contributed by atoms with Crippen LogP contribution < -0.4 is 9.47 Å². The molecule has 5 nitrogen and oxygen atoms in total. The number of benzene rings is 2. The van der Waals surface area contributed by atoms with E-state index in [1.807, 2.05) is 40.8 Å². The van der Waals surface area contributed by atoms with Crippen LogP contribution in [0.25, 0.3) is 10.8 Å². The number of β-amino-alcohol motifs (C(OH)–C–C–N with tert-alkyl or cyclic N) is 1. The molecule has 7 heteroatoms. The van der Waals surface area contributed by atoms with Gasteiger partial charge in [-0.15, -0.1) is 0 Å². The minimum atomic E-state index is -0.507. The summed E-state index contributed by atoms with van der Waals surface area (Å²) in [7, 11) is 1.67. The van der Waals surface area contributed by atoms with Crippen LogP contribution in [0.3, 0.4) is 0 Å². The summed E-state index contributed by atoms with van der Waals surface area (Å²) in [5.41, 5.74) is 0. The molecule has 1 aliphatic heterocycles. The Labute approximate surface area is 195 Å². The molecular formula is C22H26N2O3W2-2. The average Bonchev–Trinajstić information content (AvgIpc) is 2.78. The van der Waals surface area contributed by atoms with Crippen molar-refractivity contribution in [1.29, 1.82) is 0 Å². The third kappa shape index (κ3) is 7.66. The Kier molecular flexibility index (Phi) is 11.2. The number of nitrogens with zero attached hydrogens (tertiary/aromatic N) is 2. The van der Waals surface area contributed by atoms with Crippen LogP contribution in [0.1, 0.15) is 0 Å². The SMILES string of the molecule is COc1ccc(OCC(O)CN2CCN([C-]=[W])CC2)c2ccccc12.[CH-]=C[CH]=[W]. The molecule has 1 heterocycles. The van der Waals surface area contributed by atoms with Gasteiger partial charge in [0.1, 0.15) is 5.75 Å². The number of hydrogen-bond acceptors (Lipinski definition) is 5. The van der Waals surface area contributed by atoms with Crippen molar-refractivity contribution in [2.45, 2.75) is 6.10 Å². The minimum absolute atomic E-state index is 0.284. The summed E-state index contributed by atoms with van der Waals surface area (Å²) in [6, 6.07) is 11.8. The van der Waals surface area contributed by atoms with Crippen LogP contribution in [0.4, 0.5) is 0 Å². The Bertz CT molecular complexity index is 802. The molecular weight excluding hydrogens is 708 g/mol. The second kappa shape index (κ2) is 13.4. The molecule has 0 spiro atoms. The Morgan fingerprint density at radius 3 is 2.28 bits per heavy atom. The Morgan fingerprint density at radius 1 is 1.14 bits per heavy atom. The third-order valence-electron chi connectivity index (χ3n) is 4.54. The Morgan fingerprint density at radius 2 is 1.72 bits per heavy atom. The van der Waals surface area contributed by atoms with Gasteiger partial charge in [-0.25, -0.2) is 0 Å². The number of piperazine rings is 1. The molecule has 1 atom stereocenters. The first kappa shape index (κ1) is 24.3. The fourth-order valence-corrected chi connectivity index (χ4v) is 3.76. The maximum atomic E-state index is 10.3. The second-order valence-electron chi connectivity index (χ2n) is 6.48. The van der Waals surface area contributed by atoms with Crippen molar-refractivity contribution in [2.75, 3.05) is 46.4 Å². The number of fused-ring (bicyclic) bond motifs is 1. The number of methoxy groups -OCH3 is 1. The van der Waals surface area contributed by atoms with E-state index >= 15 is 0 Å². The molecule has 3 rings (SSSR count). The van der Waals surface area contributed by atoms with Crippen LogP contribution >= 0.6 is 0 Å². The predicted octanol–water partition coefficient (Wildman–Crippen LogP) is 1.71. The van der Waals surface area contributed by atoms with Crippen LogP contribution in [-0.4, -0.2) is 76.4 Å². The van der Waals surface area contributed by atoms with Gasteiger partial charge >= 0.3 is 160 Å². The zero-order chi connectivity index (χ0) is 21.1. The summed E-state index contributed by atoms with van der Waals surface area (Å²) in [5, 5.41) is 12.4. The van der Waals surface area contributed by atoms with Crippen LogP contribution in [0, 0.1) is 6.58 Å². The van der Waals surface area contributed by atoms with Gasteiger partial charge in [-0.2, -0.15) is 0 Å². The zero-order valence-corrected chi connectivity index (χ0v) is 22.4. The van der Waals surface area contributed by atoms with Crippen molar-refractivity contribution in [2.24, 2.45) is 0 Å². The molecule has 29 heavy (non-hydrogen) atoms. The predicted molar refractivity (Wildman–Crippen MR) is 110 cm³/mol. The zero-order valence-electron chi connectivity index (χ0n) is 16.5. The maximum absolute atomic E-state index is 10.3. The van der Waals surface area contributed by atoms with Gasteiger partial charge in [0.2, 0.25) is 0 Å². The first-order valence-electron chi connectivity index (χ1n) is 9.33. The van der Waals surface area contributed by atoms with E-state index < -0.39 is 6.10 Å². The fraction of sp³-hybridized carbons (Fsp3) is 0.364. The van der Waals surface area contributed by atoms with E-state index in [0.29, 0.717) is 6.54 Å². The molecule has 0 bridgehead atoms. The number of aliphatic hydroxyl groups is 1. The molecule has 156 valence electrons. The van der Waals surface area contributed by atoms with Crippen molar-refractivity contribution in [1.82, 2.24) is 9.80 Å². The first-order valence-corrected chi connectivity index (χ1v) is 12.5. The van der Waals surface area contributed by atoms with E-state index in [9.17, 15) is 5.11 Å². The summed E-state index contributed by atoms with van der Waals surface area (Å²) in [6.07, 6.45) is 1.03. The van der Waals surface area contributed by atoms with Gasteiger partial charge in [0.05, 0.1) is 7.11 Å². The van der Waals surface area contributed by atoms with E-state index in [4.69, 9.17) is 16.1 Å². The van der Waals surface area contributed by atoms with Gasteiger partial charge in [-0.1, -0.05) is 18.2 Å². The van der Waals surface area contributed by atoms with Crippen LogP contribution in [-0.2, 0) is 38.7 Å². The van der Waals surface area contributed by atoms with Crippen LogP contribution in [0.2, 0.25) is 0 Å². The van der Waals surface area contributed by atoms with Gasteiger partial charge < -0.3 is 4.74 Å². The van der Waals surface area contributed by atoms with Crippen LogP contribution in [0.5, 0.6) is 11.5 Å². The quantitative estimate of drug-likeness (QED) is 0.420. The number of allylic oxidation sites excluding steroid dienone is 1. The Balaban J connectivity index is 0.000000687. The van der Waals surface area contributed by atoms with Crippen molar-refractivity contribution in [3.05, 3.63) is 49.1 Å². The van der Waals surface area contributed by atoms with E-state index in [2.05, 4.69) is 14.3 Å². The van der Waals surface area contributed by atoms with Crippen molar-refractivity contribution in [3.8, 4) is 11.5 Å². The Hall–Kier alpha value is -0.963. The summed E-state index contributed by atoms with van der Waals surface area (Å²) >= 11 is 2.76. The summed E-state index contributed by atoms with van der Waals surface area (Å²) in [4.78, 5) is 4.50. The molecule has 0 saturated carbocycles. The molecule has 0 aromatic heterocycles. The first-order chi connectivity index (χ1) is 14.1. The van der Waals surface area contributed by atoms with E-state index in [1.165, 1.54) is 44.8 Å². The van der Waals surface area contributed by atoms with Gasteiger partial charge in [0.15, 0.2) is 0 Å². The monoisotopic (exact) mass is 734 g/mol. The standard InChI is InChI=1S/C19H23N2O3.C3H3.2W/c1-20-9-11-21(12-10-20)13-15(22)14-24-19-8-7-18(23-2)16-5-3-4-6-17(16)19;1-3-2;;/h3-8,15,22H,9-14H2,2H3;1-3H;;/q2*-1;;. The van der Waals surface area contributed by atoms with Gasteiger partial charge in [-0.3, -0.25) is 0 Å². The molecule has 0 amide bonds. The van der Waals surface area contributed by atoms with Gasteiger partial charge in [0.25, 0.3) is 0 Å². The van der Waals surface area contributed by atoms with Gasteiger partial charge in [0, 0.05) is 0 Å². The normalized spacial score (nSPS) is 15.7. The molecule has 1 saturated heterocycles. The van der Waals surface area contributed by atoms with Crippen molar-refractivity contribution < 1.29 is 53.3 Å². The molecule has 0 aliphatic carbocycles. The van der Waals surface area contributed by atoms with Crippen molar-refractivity contribution >= 4 is 19.7 Å². The van der Waals surface area contributed by atoms with E-state index in [1.54, 1.807) is 7.11 Å². The number of ether oxygens (including phenoxy) is 2. The number of aliphatic hydroxyl groups excluding tert-OH is 1.